The molecule has 0 radical (unpaired) electrons. The van der Waals surface area contributed by atoms with Gasteiger partial charge in [-0.1, -0.05) is 36.4 Å². The van der Waals surface area contributed by atoms with Gasteiger partial charge in [-0.2, -0.15) is 0 Å². The van der Waals surface area contributed by atoms with Gasteiger partial charge >= 0.3 is 5.97 Å². The molecule has 0 atom stereocenters. The molecule has 0 aliphatic rings. The van der Waals surface area contributed by atoms with E-state index < -0.39 is 5.97 Å². The average Bonchev–Trinajstić information content (AvgIpc) is 3.18. The summed E-state index contributed by atoms with van der Waals surface area (Å²) in [4.78, 5) is 12.3. The van der Waals surface area contributed by atoms with Crippen molar-refractivity contribution < 1.29 is 19.4 Å². The molecule has 5 heteroatoms. The van der Waals surface area contributed by atoms with E-state index in [1.807, 2.05) is 66.9 Å². The third kappa shape index (κ3) is 5.21. The van der Waals surface area contributed by atoms with Crippen LogP contribution in [0.1, 0.15) is 16.0 Å². The molecule has 0 aliphatic carbocycles. The standard InChI is InChI=1S/C22H20O4S/c1-16-6-4-8-18(14-16)25-11-12-26-20-9-3-2-7-17(20)15-19(22(23)24)21-10-5-13-27-21/h2-10,13-15H,11-12H2,1H3,(H,23,24)/b19-15-. The number of rotatable bonds is 8. The van der Waals surface area contributed by atoms with Crippen molar-refractivity contribution in [1.29, 1.82) is 0 Å². The van der Waals surface area contributed by atoms with Gasteiger partial charge in [0.05, 0.1) is 5.57 Å². The Balaban J connectivity index is 1.68. The fourth-order valence-electron chi connectivity index (χ4n) is 2.57. The van der Waals surface area contributed by atoms with Gasteiger partial charge in [0, 0.05) is 10.4 Å². The highest BCUT2D eigenvalue weighted by Gasteiger charge is 2.13. The molecule has 0 unspecified atom stereocenters. The molecule has 0 spiro atoms. The lowest BCUT2D eigenvalue weighted by atomic mass is 10.1. The van der Waals surface area contributed by atoms with Gasteiger partial charge in [0.25, 0.3) is 0 Å². The van der Waals surface area contributed by atoms with E-state index in [-0.39, 0.29) is 5.57 Å². The summed E-state index contributed by atoms with van der Waals surface area (Å²) in [6, 6.07) is 18.9. The molecule has 27 heavy (non-hydrogen) atoms. The van der Waals surface area contributed by atoms with Crippen molar-refractivity contribution in [3.8, 4) is 11.5 Å². The van der Waals surface area contributed by atoms with E-state index in [9.17, 15) is 9.90 Å². The Bertz CT molecular complexity index is 929. The van der Waals surface area contributed by atoms with Gasteiger partial charge in [0.2, 0.25) is 0 Å². The van der Waals surface area contributed by atoms with Crippen LogP contribution in [-0.4, -0.2) is 24.3 Å². The summed E-state index contributed by atoms with van der Waals surface area (Å²) in [5.41, 5.74) is 2.11. The van der Waals surface area contributed by atoms with E-state index in [0.29, 0.717) is 23.8 Å². The van der Waals surface area contributed by atoms with E-state index >= 15 is 0 Å². The number of ether oxygens (including phenoxy) is 2. The van der Waals surface area contributed by atoms with Crippen molar-refractivity contribution in [1.82, 2.24) is 0 Å². The van der Waals surface area contributed by atoms with Crippen molar-refractivity contribution in [3.63, 3.8) is 0 Å². The second-order valence-corrected chi connectivity index (χ2v) is 6.84. The summed E-state index contributed by atoms with van der Waals surface area (Å²) in [6.07, 6.45) is 1.64. The maximum absolute atomic E-state index is 11.6. The van der Waals surface area contributed by atoms with Crippen molar-refractivity contribution in [2.75, 3.05) is 13.2 Å². The second kappa shape index (κ2) is 9.05. The van der Waals surface area contributed by atoms with Crippen LogP contribution in [0.3, 0.4) is 0 Å². The molecule has 0 aliphatic heterocycles. The van der Waals surface area contributed by atoms with Gasteiger partial charge in [0.15, 0.2) is 0 Å². The molecule has 0 saturated carbocycles. The molecule has 138 valence electrons. The zero-order valence-electron chi connectivity index (χ0n) is 14.9. The van der Waals surface area contributed by atoms with Crippen LogP contribution in [-0.2, 0) is 4.79 Å². The van der Waals surface area contributed by atoms with Crippen LogP contribution in [0.2, 0.25) is 0 Å². The minimum absolute atomic E-state index is 0.247. The van der Waals surface area contributed by atoms with Crippen LogP contribution in [0.25, 0.3) is 11.6 Å². The quantitative estimate of drug-likeness (QED) is 0.434. The Morgan fingerprint density at radius 1 is 1.04 bits per heavy atom. The molecule has 3 aromatic rings. The Morgan fingerprint density at radius 2 is 1.85 bits per heavy atom. The van der Waals surface area contributed by atoms with E-state index in [1.165, 1.54) is 11.3 Å². The minimum Gasteiger partial charge on any atom is -0.490 e. The molecule has 1 N–H and O–H groups in total. The molecule has 0 fully saturated rings. The van der Waals surface area contributed by atoms with Crippen molar-refractivity contribution in [2.45, 2.75) is 6.92 Å². The van der Waals surface area contributed by atoms with Gasteiger partial charge in [-0.15, -0.1) is 11.3 Å². The Labute approximate surface area is 162 Å². The fraction of sp³-hybridized carbons (Fsp3) is 0.136. The van der Waals surface area contributed by atoms with Crippen molar-refractivity contribution >= 4 is 29.0 Å². The van der Waals surface area contributed by atoms with Crippen molar-refractivity contribution in [2.24, 2.45) is 0 Å². The van der Waals surface area contributed by atoms with Gasteiger partial charge in [-0.25, -0.2) is 4.79 Å². The maximum Gasteiger partial charge on any atom is 0.337 e. The van der Waals surface area contributed by atoms with Gasteiger partial charge in [-0.05, 0) is 48.2 Å². The molecule has 0 bridgehead atoms. The number of para-hydroxylation sites is 1. The topological polar surface area (TPSA) is 55.8 Å². The molecule has 0 amide bonds. The van der Waals surface area contributed by atoms with Gasteiger partial charge in [-0.3, -0.25) is 0 Å². The first-order valence-electron chi connectivity index (χ1n) is 8.53. The van der Waals surface area contributed by atoms with Gasteiger partial charge < -0.3 is 14.6 Å². The van der Waals surface area contributed by atoms with Crippen LogP contribution in [0.5, 0.6) is 11.5 Å². The smallest absolute Gasteiger partial charge is 0.337 e. The molecule has 0 saturated heterocycles. The fourth-order valence-corrected chi connectivity index (χ4v) is 3.31. The average molecular weight is 380 g/mol. The molecule has 3 rings (SSSR count). The summed E-state index contributed by atoms with van der Waals surface area (Å²) in [5.74, 6) is 0.466. The normalized spacial score (nSPS) is 11.2. The van der Waals surface area contributed by atoms with Crippen LogP contribution < -0.4 is 9.47 Å². The molecule has 1 aromatic heterocycles. The highest BCUT2D eigenvalue weighted by atomic mass is 32.1. The summed E-state index contributed by atoms with van der Waals surface area (Å²) in [7, 11) is 0. The zero-order valence-corrected chi connectivity index (χ0v) is 15.7. The number of benzene rings is 2. The summed E-state index contributed by atoms with van der Waals surface area (Å²) in [6.45, 7) is 2.78. The Morgan fingerprint density at radius 3 is 2.59 bits per heavy atom. The van der Waals surface area contributed by atoms with E-state index in [0.717, 1.165) is 16.9 Å². The summed E-state index contributed by atoms with van der Waals surface area (Å²) < 4.78 is 11.5. The molecule has 1 heterocycles. The number of thiophene rings is 1. The number of carbonyl (C=O) groups is 1. The number of aliphatic carboxylic acids is 1. The van der Waals surface area contributed by atoms with Gasteiger partial charge in [0.1, 0.15) is 24.7 Å². The van der Waals surface area contributed by atoms with E-state index in [1.54, 1.807) is 12.1 Å². The van der Waals surface area contributed by atoms with Crippen molar-refractivity contribution in [3.05, 3.63) is 82.0 Å². The third-order valence-electron chi connectivity index (χ3n) is 3.84. The lowest BCUT2D eigenvalue weighted by Gasteiger charge is -2.11. The van der Waals surface area contributed by atoms with Crippen LogP contribution in [0.15, 0.2) is 66.0 Å². The monoisotopic (exact) mass is 380 g/mol. The van der Waals surface area contributed by atoms with Crippen LogP contribution in [0, 0.1) is 6.92 Å². The molecule has 2 aromatic carbocycles. The SMILES string of the molecule is Cc1cccc(OCCOc2ccccc2/C=C(\C(=O)O)c2cccs2)c1. The number of carboxylic acid groups (broad SMARTS) is 1. The Kier molecular flexibility index (Phi) is 6.28. The van der Waals surface area contributed by atoms with E-state index in [2.05, 4.69) is 0 Å². The van der Waals surface area contributed by atoms with Crippen LogP contribution >= 0.6 is 11.3 Å². The second-order valence-electron chi connectivity index (χ2n) is 5.89. The van der Waals surface area contributed by atoms with Crippen LogP contribution in [0.4, 0.5) is 0 Å². The number of hydrogen-bond acceptors (Lipinski definition) is 4. The maximum atomic E-state index is 11.6. The predicted octanol–water partition coefficient (Wildman–Crippen LogP) is 5.14. The number of hydrogen-bond donors (Lipinski definition) is 1. The molecule has 4 nitrogen and oxygen atoms in total. The third-order valence-corrected chi connectivity index (χ3v) is 4.74. The minimum atomic E-state index is -0.963. The molecular formula is C22H20O4S. The first kappa shape index (κ1) is 18.7. The highest BCUT2D eigenvalue weighted by Crippen LogP contribution is 2.27. The predicted molar refractivity (Wildman–Crippen MR) is 108 cm³/mol. The zero-order chi connectivity index (χ0) is 19.1. The Hall–Kier alpha value is -3.05. The first-order valence-corrected chi connectivity index (χ1v) is 9.41. The number of aryl methyl sites for hydroxylation is 1. The first-order chi connectivity index (χ1) is 13.1. The number of carboxylic acids is 1. The van der Waals surface area contributed by atoms with E-state index in [4.69, 9.17) is 9.47 Å². The summed E-state index contributed by atoms with van der Waals surface area (Å²) in [5, 5.41) is 11.4. The largest absolute Gasteiger partial charge is 0.490 e. The lowest BCUT2D eigenvalue weighted by Crippen LogP contribution is -2.09. The molecular weight excluding hydrogens is 360 g/mol. The summed E-state index contributed by atoms with van der Waals surface area (Å²) >= 11 is 1.39. The lowest BCUT2D eigenvalue weighted by molar-refractivity contribution is -0.130. The highest BCUT2D eigenvalue weighted by molar-refractivity contribution is 7.11.